The van der Waals surface area contributed by atoms with Crippen LogP contribution in [0.25, 0.3) is 0 Å². The first-order valence-corrected chi connectivity index (χ1v) is 23.9. The molecule has 6 rings (SSSR count). The number of morpholine rings is 2. The number of ether oxygens (including phenoxy) is 6. The van der Waals surface area contributed by atoms with Crippen LogP contribution in [0.5, 0.6) is 0 Å². The summed E-state index contributed by atoms with van der Waals surface area (Å²) in [6.07, 6.45) is 0.245. The first-order chi connectivity index (χ1) is 30.9. The summed E-state index contributed by atoms with van der Waals surface area (Å²) in [5, 5.41) is 30.8. The molecule has 1 atom stereocenters. The van der Waals surface area contributed by atoms with Crippen LogP contribution >= 0.6 is 34.4 Å². The Morgan fingerprint density at radius 2 is 1.19 bits per heavy atom. The fraction of sp³-hybridized carbons (Fsp3) is 0.548. The van der Waals surface area contributed by atoms with Gasteiger partial charge in [0.25, 0.3) is 0 Å². The molecule has 18 nitrogen and oxygen atoms in total. The lowest BCUT2D eigenvalue weighted by molar-refractivity contribution is -0.118. The molecule has 0 spiro atoms. The van der Waals surface area contributed by atoms with E-state index in [1.807, 2.05) is 60.7 Å². The second kappa shape index (κ2) is 27.0. The minimum atomic E-state index is -1.03. The SMILES string of the molecule is O=C(OCCCN1CCOCC1)OCN(C(=O)Cc1ccccc1)c1nnc(CCSCCc2nnc(N(COC(=O)OCCCN3CCOCC3)C(O)Cc3ccccc3)s2)s1. The van der Waals surface area contributed by atoms with Gasteiger partial charge in [0.15, 0.2) is 13.5 Å². The lowest BCUT2D eigenvalue weighted by Crippen LogP contribution is -2.39. The van der Waals surface area contributed by atoms with Crippen molar-refractivity contribution in [2.75, 3.05) is 114 Å². The van der Waals surface area contributed by atoms with Gasteiger partial charge in [-0.05, 0) is 35.5 Å². The van der Waals surface area contributed by atoms with Crippen molar-refractivity contribution >= 4 is 62.9 Å². The lowest BCUT2D eigenvalue weighted by atomic mass is 10.1. The van der Waals surface area contributed by atoms with Crippen molar-refractivity contribution in [2.24, 2.45) is 0 Å². The minimum Gasteiger partial charge on any atom is -0.434 e. The number of aliphatic hydroxyl groups is 1. The molecule has 21 heteroatoms. The molecule has 2 fully saturated rings. The van der Waals surface area contributed by atoms with Crippen LogP contribution in [0.4, 0.5) is 19.9 Å². The third-order valence-electron chi connectivity index (χ3n) is 9.95. The van der Waals surface area contributed by atoms with E-state index in [2.05, 4.69) is 30.2 Å². The molecule has 0 bridgehead atoms. The zero-order valence-electron chi connectivity index (χ0n) is 35.3. The zero-order valence-corrected chi connectivity index (χ0v) is 37.8. The summed E-state index contributed by atoms with van der Waals surface area (Å²) >= 11 is 4.30. The van der Waals surface area contributed by atoms with Gasteiger partial charge in [0.2, 0.25) is 16.2 Å². The molecule has 1 amide bonds. The molecule has 342 valence electrons. The summed E-state index contributed by atoms with van der Waals surface area (Å²) in [6.45, 7) is 7.67. The highest BCUT2D eigenvalue weighted by molar-refractivity contribution is 7.99. The number of carbonyl (C=O) groups excluding carboxylic acids is 3. The minimum absolute atomic E-state index is 0.0935. The Morgan fingerprint density at radius 3 is 1.76 bits per heavy atom. The Kier molecular flexibility index (Phi) is 20.6. The van der Waals surface area contributed by atoms with Crippen LogP contribution in [-0.2, 0) is 58.9 Å². The largest absolute Gasteiger partial charge is 0.510 e. The molecule has 2 aromatic heterocycles. The van der Waals surface area contributed by atoms with Crippen molar-refractivity contribution in [1.82, 2.24) is 30.2 Å². The smallest absolute Gasteiger partial charge is 0.434 e. The molecule has 2 aliphatic rings. The van der Waals surface area contributed by atoms with Crippen LogP contribution in [-0.4, -0.2) is 164 Å². The summed E-state index contributed by atoms with van der Waals surface area (Å²) in [7, 11) is 0. The average Bonchev–Trinajstić information content (AvgIpc) is 3.98. The van der Waals surface area contributed by atoms with Gasteiger partial charge in [0.1, 0.15) is 16.2 Å². The molecule has 63 heavy (non-hydrogen) atoms. The number of amides is 1. The predicted molar refractivity (Wildman–Crippen MR) is 239 cm³/mol. The number of nitrogens with zero attached hydrogens (tertiary/aromatic N) is 8. The third kappa shape index (κ3) is 17.2. The second-order valence-electron chi connectivity index (χ2n) is 14.6. The summed E-state index contributed by atoms with van der Waals surface area (Å²) < 4.78 is 32.2. The molecule has 2 aliphatic heterocycles. The van der Waals surface area contributed by atoms with E-state index in [1.165, 1.54) is 32.5 Å². The Hall–Kier alpha value is -4.48. The van der Waals surface area contributed by atoms with Crippen LogP contribution in [0.15, 0.2) is 60.7 Å². The molecule has 0 saturated carbocycles. The molecule has 2 saturated heterocycles. The van der Waals surface area contributed by atoms with Crippen molar-refractivity contribution in [3.63, 3.8) is 0 Å². The van der Waals surface area contributed by atoms with Gasteiger partial charge in [-0.15, -0.1) is 20.4 Å². The van der Waals surface area contributed by atoms with E-state index in [1.54, 1.807) is 11.8 Å². The number of rotatable bonds is 25. The maximum Gasteiger partial charge on any atom is 0.510 e. The number of anilines is 2. The van der Waals surface area contributed by atoms with Crippen molar-refractivity contribution in [1.29, 1.82) is 0 Å². The van der Waals surface area contributed by atoms with Gasteiger partial charge in [-0.3, -0.25) is 24.4 Å². The molecule has 4 heterocycles. The highest BCUT2D eigenvalue weighted by atomic mass is 32.2. The van der Waals surface area contributed by atoms with E-state index < -0.39 is 18.5 Å². The van der Waals surface area contributed by atoms with Crippen molar-refractivity contribution in [2.45, 2.75) is 44.8 Å². The van der Waals surface area contributed by atoms with Crippen LogP contribution in [0.3, 0.4) is 0 Å². The van der Waals surface area contributed by atoms with E-state index >= 15 is 0 Å². The van der Waals surface area contributed by atoms with E-state index in [-0.39, 0.29) is 45.4 Å². The fourth-order valence-electron chi connectivity index (χ4n) is 6.50. The summed E-state index contributed by atoms with van der Waals surface area (Å²) in [5.74, 6) is 1.18. The molecule has 0 aliphatic carbocycles. The maximum absolute atomic E-state index is 13.5. The van der Waals surface area contributed by atoms with Crippen molar-refractivity contribution in [3.8, 4) is 0 Å². The van der Waals surface area contributed by atoms with Gasteiger partial charge in [-0.25, -0.2) is 9.59 Å². The van der Waals surface area contributed by atoms with Crippen LogP contribution in [0, 0.1) is 0 Å². The van der Waals surface area contributed by atoms with E-state index in [9.17, 15) is 19.5 Å². The van der Waals surface area contributed by atoms with Crippen LogP contribution < -0.4 is 9.80 Å². The van der Waals surface area contributed by atoms with E-state index in [4.69, 9.17) is 28.4 Å². The monoisotopic (exact) mass is 928 g/mol. The maximum atomic E-state index is 13.5. The first-order valence-electron chi connectivity index (χ1n) is 21.1. The van der Waals surface area contributed by atoms with Gasteiger partial charge in [0, 0.05) is 58.5 Å². The molecule has 1 N–H and O–H groups in total. The number of aryl methyl sites for hydroxylation is 2. The molecule has 0 radical (unpaired) electrons. The van der Waals surface area contributed by atoms with Crippen LogP contribution in [0.1, 0.15) is 34.0 Å². The number of carbonyl (C=O) groups is 3. The first kappa shape index (κ1) is 48.0. The summed E-state index contributed by atoms with van der Waals surface area (Å²) in [6, 6.07) is 18.9. The quantitative estimate of drug-likeness (QED) is 0.0554. The van der Waals surface area contributed by atoms with Gasteiger partial charge < -0.3 is 33.5 Å². The van der Waals surface area contributed by atoms with E-state index in [0.29, 0.717) is 62.4 Å². The predicted octanol–water partition coefficient (Wildman–Crippen LogP) is 4.52. The van der Waals surface area contributed by atoms with Gasteiger partial charge in [0.05, 0.1) is 46.1 Å². The second-order valence-corrected chi connectivity index (χ2v) is 17.9. The number of benzene rings is 2. The Morgan fingerprint density at radius 1 is 0.683 bits per heavy atom. The number of aromatic nitrogens is 4. The van der Waals surface area contributed by atoms with Gasteiger partial charge >= 0.3 is 12.3 Å². The van der Waals surface area contributed by atoms with Gasteiger partial charge in [-0.2, -0.15) is 11.8 Å². The third-order valence-corrected chi connectivity index (χ3v) is 13.0. The van der Waals surface area contributed by atoms with Crippen molar-refractivity contribution in [3.05, 3.63) is 81.8 Å². The van der Waals surface area contributed by atoms with E-state index in [0.717, 1.165) is 71.9 Å². The Labute approximate surface area is 379 Å². The molecular formula is C42H56N8O10S3. The van der Waals surface area contributed by atoms with Gasteiger partial charge in [-0.1, -0.05) is 83.3 Å². The summed E-state index contributed by atoms with van der Waals surface area (Å²) in [4.78, 5) is 45.8. The molecule has 2 aromatic carbocycles. The number of thioether (sulfide) groups is 1. The number of hydrogen-bond donors (Lipinski definition) is 1. The topological polar surface area (TPSA) is 191 Å². The number of aliphatic hydroxyl groups excluding tert-OH is 1. The highest BCUT2D eigenvalue weighted by Crippen LogP contribution is 2.26. The fourth-order valence-corrected chi connectivity index (χ4v) is 9.35. The van der Waals surface area contributed by atoms with Crippen LogP contribution in [0.2, 0.25) is 0 Å². The average molecular weight is 929 g/mol. The normalized spacial score (nSPS) is 15.1. The highest BCUT2D eigenvalue weighted by Gasteiger charge is 2.25. The molecule has 4 aromatic rings. The standard InChI is InChI=1S/C42H56N8O10S3/c51-37(29-33-9-3-1-4-10-33)49(31-59-41(53)57-21-7-15-47-17-23-55-24-18-47)39-45-43-35(62-39)13-27-61-28-14-36-44-46-40(63-36)50(38(52)30-34-11-5-2-6-12-34)32-60-42(54)58-22-8-16-48-19-25-56-26-20-48/h1-6,9-12,37,51H,7-8,13-32H2. The molecular weight excluding hydrogens is 873 g/mol. The van der Waals surface area contributed by atoms with Crippen molar-refractivity contribution < 1.29 is 47.9 Å². The summed E-state index contributed by atoms with van der Waals surface area (Å²) in [5.41, 5.74) is 1.73. The Balaban J connectivity index is 0.950. The molecule has 1 unspecified atom stereocenters. The Bertz CT molecular complexity index is 1940. The number of hydrogen-bond acceptors (Lipinski definition) is 20. The lowest BCUT2D eigenvalue weighted by Gasteiger charge is -2.27. The zero-order chi connectivity index (χ0) is 43.9.